The minimum absolute atomic E-state index is 0.00369. The molecule has 0 aliphatic carbocycles. The van der Waals surface area contributed by atoms with Crippen LogP contribution in [0.4, 0.5) is 35.9 Å². The first-order valence-corrected chi connectivity index (χ1v) is 8.89. The van der Waals surface area contributed by atoms with Crippen molar-refractivity contribution in [1.82, 2.24) is 0 Å². The number of halogens is 6. The van der Waals surface area contributed by atoms with E-state index in [9.17, 15) is 33.4 Å². The van der Waals surface area contributed by atoms with Crippen LogP contribution >= 0.6 is 39.1 Å². The number of nitro groups is 2. The zero-order valence-electron chi connectivity index (χ0n) is 13.8. The maximum absolute atomic E-state index is 13.7. The molecule has 0 amide bonds. The fraction of sp³-hybridized carbons (Fsp3) is 0.200. The molecule has 0 unspecified atom stereocenters. The van der Waals surface area contributed by atoms with Gasteiger partial charge in [-0.05, 0) is 35.0 Å². The molecule has 0 saturated heterocycles. The number of hydrogen-bond donors (Lipinski definition) is 0. The van der Waals surface area contributed by atoms with Gasteiger partial charge in [0.05, 0.1) is 32.2 Å². The standard InChI is InChI=1S/C15H9BrCl2F3N3O4/c1-2-22(14-10(16)3-7(17)4-11(14)18)13-9(15(19,20)21)5-8(23(25)26)6-12(13)24(27)28/h3-6H,2H2,1H3. The van der Waals surface area contributed by atoms with Gasteiger partial charge >= 0.3 is 6.18 Å². The summed E-state index contributed by atoms with van der Waals surface area (Å²) in [6.45, 7) is 1.28. The summed E-state index contributed by atoms with van der Waals surface area (Å²) in [6.07, 6.45) is -5.11. The van der Waals surface area contributed by atoms with E-state index < -0.39 is 38.6 Å². The lowest BCUT2D eigenvalue weighted by molar-refractivity contribution is -0.394. The van der Waals surface area contributed by atoms with Gasteiger partial charge in [-0.3, -0.25) is 20.2 Å². The molecule has 0 aromatic heterocycles. The number of nitro benzene ring substituents is 2. The summed E-state index contributed by atoms with van der Waals surface area (Å²) in [4.78, 5) is 21.2. The van der Waals surface area contributed by atoms with Crippen LogP contribution < -0.4 is 4.90 Å². The Morgan fingerprint density at radius 1 is 1.07 bits per heavy atom. The highest BCUT2D eigenvalue weighted by Crippen LogP contribution is 2.49. The lowest BCUT2D eigenvalue weighted by atomic mass is 10.1. The third-order valence-electron chi connectivity index (χ3n) is 3.63. The molecule has 28 heavy (non-hydrogen) atoms. The molecule has 0 bridgehead atoms. The maximum atomic E-state index is 13.7. The van der Waals surface area contributed by atoms with Gasteiger partial charge in [0.2, 0.25) is 0 Å². The van der Waals surface area contributed by atoms with Crippen molar-refractivity contribution in [2.75, 3.05) is 11.4 Å². The van der Waals surface area contributed by atoms with Gasteiger partial charge in [0.25, 0.3) is 11.4 Å². The Morgan fingerprint density at radius 3 is 2.11 bits per heavy atom. The molecule has 0 N–H and O–H groups in total. The zero-order chi connectivity index (χ0) is 21.4. The van der Waals surface area contributed by atoms with Crippen LogP contribution in [0.3, 0.4) is 0 Å². The number of anilines is 2. The van der Waals surface area contributed by atoms with E-state index in [1.165, 1.54) is 19.1 Å². The van der Waals surface area contributed by atoms with Gasteiger partial charge < -0.3 is 4.90 Å². The summed E-state index contributed by atoms with van der Waals surface area (Å²) in [6, 6.07) is 3.35. The van der Waals surface area contributed by atoms with Gasteiger partial charge in [-0.2, -0.15) is 13.2 Å². The Kier molecular flexibility index (Phi) is 6.41. The van der Waals surface area contributed by atoms with Crippen LogP contribution in [0, 0.1) is 20.2 Å². The number of nitrogens with zero attached hydrogens (tertiary/aromatic N) is 3. The minimum atomic E-state index is -5.11. The molecule has 150 valence electrons. The minimum Gasteiger partial charge on any atom is -0.334 e. The number of hydrogen-bond acceptors (Lipinski definition) is 5. The first kappa shape index (κ1) is 22.2. The van der Waals surface area contributed by atoms with Crippen molar-refractivity contribution in [2.24, 2.45) is 0 Å². The number of alkyl halides is 3. The van der Waals surface area contributed by atoms with E-state index in [0.717, 1.165) is 4.90 Å². The van der Waals surface area contributed by atoms with Crippen molar-refractivity contribution in [1.29, 1.82) is 0 Å². The average Bonchev–Trinajstić information content (AvgIpc) is 2.55. The monoisotopic (exact) mass is 501 g/mol. The maximum Gasteiger partial charge on any atom is 0.418 e. The van der Waals surface area contributed by atoms with Crippen LogP contribution in [0.1, 0.15) is 12.5 Å². The molecule has 2 aromatic carbocycles. The predicted octanol–water partition coefficient (Wildman–Crippen LogP) is 6.75. The van der Waals surface area contributed by atoms with E-state index in [-0.39, 0.29) is 32.8 Å². The first-order valence-electron chi connectivity index (χ1n) is 7.34. The molecular formula is C15H9BrCl2F3N3O4. The Bertz CT molecular complexity index is 949. The second-order valence-corrected chi connectivity index (χ2v) is 7.03. The Morgan fingerprint density at radius 2 is 1.68 bits per heavy atom. The fourth-order valence-electron chi connectivity index (χ4n) is 2.57. The van der Waals surface area contributed by atoms with Crippen molar-refractivity contribution in [2.45, 2.75) is 13.1 Å². The predicted molar refractivity (Wildman–Crippen MR) is 102 cm³/mol. The van der Waals surface area contributed by atoms with E-state index in [2.05, 4.69) is 15.9 Å². The second kappa shape index (κ2) is 8.10. The van der Waals surface area contributed by atoms with Crippen molar-refractivity contribution in [3.05, 3.63) is 64.6 Å². The molecule has 2 rings (SSSR count). The van der Waals surface area contributed by atoms with Gasteiger partial charge in [-0.15, -0.1) is 0 Å². The summed E-state index contributed by atoms with van der Waals surface area (Å²) in [7, 11) is 0. The Hall–Kier alpha value is -2.11. The number of rotatable bonds is 5. The highest BCUT2D eigenvalue weighted by molar-refractivity contribution is 9.10. The first-order chi connectivity index (χ1) is 12.9. The summed E-state index contributed by atoms with van der Waals surface area (Å²) in [5, 5.41) is 22.6. The average molecular weight is 503 g/mol. The van der Waals surface area contributed by atoms with Crippen molar-refractivity contribution in [3.63, 3.8) is 0 Å². The smallest absolute Gasteiger partial charge is 0.334 e. The van der Waals surface area contributed by atoms with Crippen molar-refractivity contribution < 1.29 is 23.0 Å². The summed E-state index contributed by atoms with van der Waals surface area (Å²) in [5.41, 5.74) is -4.54. The fourth-order valence-corrected chi connectivity index (χ4v) is 4.08. The van der Waals surface area contributed by atoms with Crippen molar-refractivity contribution in [3.8, 4) is 0 Å². The highest BCUT2D eigenvalue weighted by Gasteiger charge is 2.42. The van der Waals surface area contributed by atoms with Crippen LogP contribution in [0.5, 0.6) is 0 Å². The lowest BCUT2D eigenvalue weighted by Gasteiger charge is -2.28. The van der Waals surface area contributed by atoms with Gasteiger partial charge in [0.1, 0.15) is 5.69 Å². The van der Waals surface area contributed by atoms with Gasteiger partial charge in [-0.25, -0.2) is 0 Å². The molecule has 0 atom stereocenters. The zero-order valence-corrected chi connectivity index (χ0v) is 16.9. The second-order valence-electron chi connectivity index (χ2n) is 5.34. The van der Waals surface area contributed by atoms with Crippen molar-refractivity contribution >= 4 is 61.9 Å². The van der Waals surface area contributed by atoms with Crippen LogP contribution in [-0.2, 0) is 6.18 Å². The lowest BCUT2D eigenvalue weighted by Crippen LogP contribution is -2.23. The molecule has 0 fully saturated rings. The third kappa shape index (κ3) is 4.31. The summed E-state index contributed by atoms with van der Waals surface area (Å²) < 4.78 is 41.2. The summed E-state index contributed by atoms with van der Waals surface area (Å²) in [5.74, 6) is 0. The molecule has 0 aliphatic rings. The van der Waals surface area contributed by atoms with Crippen LogP contribution in [0.25, 0.3) is 0 Å². The Balaban J connectivity index is 2.96. The van der Waals surface area contributed by atoms with Gasteiger partial charge in [-0.1, -0.05) is 23.2 Å². The molecule has 0 radical (unpaired) electrons. The van der Waals surface area contributed by atoms with Crippen LogP contribution in [-0.4, -0.2) is 16.4 Å². The number of benzene rings is 2. The molecule has 0 saturated carbocycles. The third-order valence-corrected chi connectivity index (χ3v) is 4.74. The Labute approximate surface area is 174 Å². The van der Waals surface area contributed by atoms with Gasteiger partial charge in [0, 0.05) is 22.1 Å². The molecular weight excluding hydrogens is 494 g/mol. The molecule has 0 heterocycles. The van der Waals surface area contributed by atoms with Gasteiger partial charge in [0.15, 0.2) is 0 Å². The SMILES string of the molecule is CCN(c1c(Cl)cc(Cl)cc1Br)c1c([N+](=O)[O-])cc([N+](=O)[O-])cc1C(F)(F)F. The largest absolute Gasteiger partial charge is 0.418 e. The van der Waals surface area contributed by atoms with E-state index in [1.54, 1.807) is 0 Å². The molecule has 13 heteroatoms. The van der Waals surface area contributed by atoms with Crippen LogP contribution in [0.2, 0.25) is 10.0 Å². The quantitative estimate of drug-likeness (QED) is 0.333. The summed E-state index contributed by atoms with van der Waals surface area (Å²) >= 11 is 15.1. The van der Waals surface area contributed by atoms with E-state index in [0.29, 0.717) is 6.07 Å². The molecule has 0 spiro atoms. The van der Waals surface area contributed by atoms with E-state index >= 15 is 0 Å². The number of non-ortho nitro benzene ring substituents is 1. The molecule has 0 aliphatic heterocycles. The van der Waals surface area contributed by atoms with Crippen LogP contribution in [0.15, 0.2) is 28.7 Å². The van der Waals surface area contributed by atoms with E-state index in [1.807, 2.05) is 0 Å². The normalized spacial score (nSPS) is 11.4. The van der Waals surface area contributed by atoms with E-state index in [4.69, 9.17) is 23.2 Å². The topological polar surface area (TPSA) is 89.5 Å². The molecule has 7 nitrogen and oxygen atoms in total. The molecule has 2 aromatic rings. The highest BCUT2D eigenvalue weighted by atomic mass is 79.9.